The Kier molecular flexibility index (Phi) is 5.91. The summed E-state index contributed by atoms with van der Waals surface area (Å²) in [6.45, 7) is 2.46. The van der Waals surface area contributed by atoms with Gasteiger partial charge in [-0.1, -0.05) is 25.1 Å². The van der Waals surface area contributed by atoms with Gasteiger partial charge in [0.1, 0.15) is 6.33 Å². The third-order valence-corrected chi connectivity index (χ3v) is 3.37. The van der Waals surface area contributed by atoms with Crippen molar-refractivity contribution in [2.75, 3.05) is 6.61 Å². The Morgan fingerprint density at radius 1 is 1.45 bits per heavy atom. The van der Waals surface area contributed by atoms with Crippen molar-refractivity contribution in [3.8, 4) is 11.4 Å². The zero-order valence-corrected chi connectivity index (χ0v) is 12.5. The van der Waals surface area contributed by atoms with E-state index in [-0.39, 0.29) is 18.7 Å². The van der Waals surface area contributed by atoms with Crippen LogP contribution in [-0.4, -0.2) is 39.0 Å². The minimum Gasteiger partial charge on any atom is -0.396 e. The topological polar surface area (TPSA) is 103 Å². The second-order valence-electron chi connectivity index (χ2n) is 4.98. The summed E-state index contributed by atoms with van der Waals surface area (Å²) in [5, 5.41) is 21.2. The van der Waals surface area contributed by atoms with E-state index in [0.29, 0.717) is 18.8 Å². The molecule has 7 heteroatoms. The van der Waals surface area contributed by atoms with Crippen molar-refractivity contribution >= 4 is 6.03 Å². The molecule has 1 atom stereocenters. The highest BCUT2D eigenvalue weighted by molar-refractivity contribution is 5.74. The third kappa shape index (κ3) is 4.56. The maximum absolute atomic E-state index is 11.8. The molecule has 0 fully saturated rings. The summed E-state index contributed by atoms with van der Waals surface area (Å²) >= 11 is 0. The first kappa shape index (κ1) is 16.0. The number of benzene rings is 1. The molecule has 0 aliphatic heterocycles. The van der Waals surface area contributed by atoms with Crippen molar-refractivity contribution < 1.29 is 9.90 Å². The second kappa shape index (κ2) is 8.14. The normalized spacial score (nSPS) is 11.9. The standard InChI is InChI=1S/C15H21N5O2/c1-2-13(6-7-21)19-15(22)16-9-11-4-3-5-12(8-11)14-17-10-18-20-14/h3-5,8,10,13,21H,2,6-7,9H2,1H3,(H2,16,19,22)(H,17,18,20). The molecule has 2 amide bonds. The highest BCUT2D eigenvalue weighted by Gasteiger charge is 2.09. The van der Waals surface area contributed by atoms with Crippen molar-refractivity contribution in [3.63, 3.8) is 0 Å². The fraction of sp³-hybridized carbons (Fsp3) is 0.400. The van der Waals surface area contributed by atoms with Gasteiger partial charge in [0.15, 0.2) is 5.82 Å². The van der Waals surface area contributed by atoms with E-state index in [1.54, 1.807) is 0 Å². The lowest BCUT2D eigenvalue weighted by Crippen LogP contribution is -2.41. The molecule has 118 valence electrons. The van der Waals surface area contributed by atoms with E-state index in [4.69, 9.17) is 5.11 Å². The molecule has 2 rings (SSSR count). The molecule has 0 bridgehead atoms. The Balaban J connectivity index is 1.89. The predicted molar refractivity (Wildman–Crippen MR) is 83.0 cm³/mol. The zero-order chi connectivity index (χ0) is 15.8. The number of aliphatic hydroxyl groups excluding tert-OH is 1. The first-order valence-corrected chi connectivity index (χ1v) is 7.32. The van der Waals surface area contributed by atoms with E-state index < -0.39 is 0 Å². The number of carbonyl (C=O) groups is 1. The minimum atomic E-state index is -0.231. The summed E-state index contributed by atoms with van der Waals surface area (Å²) in [4.78, 5) is 15.9. The molecule has 1 unspecified atom stereocenters. The molecule has 0 radical (unpaired) electrons. The molecule has 4 N–H and O–H groups in total. The number of hydrogen-bond acceptors (Lipinski definition) is 4. The number of aromatic amines is 1. The number of carbonyl (C=O) groups excluding carboxylic acids is 1. The summed E-state index contributed by atoms with van der Waals surface area (Å²) in [5.41, 5.74) is 1.89. The van der Waals surface area contributed by atoms with Crippen LogP contribution < -0.4 is 10.6 Å². The van der Waals surface area contributed by atoms with Gasteiger partial charge in [-0.2, -0.15) is 5.10 Å². The summed E-state index contributed by atoms with van der Waals surface area (Å²) in [6.07, 6.45) is 2.81. The lowest BCUT2D eigenvalue weighted by molar-refractivity contribution is 0.227. The van der Waals surface area contributed by atoms with Gasteiger partial charge in [0, 0.05) is 24.8 Å². The molecule has 2 aromatic rings. The first-order chi connectivity index (χ1) is 10.7. The van der Waals surface area contributed by atoms with Gasteiger partial charge in [-0.25, -0.2) is 9.78 Å². The second-order valence-corrected chi connectivity index (χ2v) is 4.98. The quantitative estimate of drug-likeness (QED) is 0.621. The molecule has 1 heterocycles. The van der Waals surface area contributed by atoms with Gasteiger partial charge in [-0.3, -0.25) is 5.10 Å². The molecule has 0 aliphatic rings. The van der Waals surface area contributed by atoms with Gasteiger partial charge in [0.2, 0.25) is 0 Å². The highest BCUT2D eigenvalue weighted by atomic mass is 16.3. The highest BCUT2D eigenvalue weighted by Crippen LogP contribution is 2.15. The lowest BCUT2D eigenvalue weighted by atomic mass is 10.1. The van der Waals surface area contributed by atoms with Gasteiger partial charge in [-0.05, 0) is 24.5 Å². The van der Waals surface area contributed by atoms with Gasteiger partial charge in [0.25, 0.3) is 0 Å². The summed E-state index contributed by atoms with van der Waals surface area (Å²) < 4.78 is 0. The molecule has 0 aliphatic carbocycles. The van der Waals surface area contributed by atoms with E-state index in [9.17, 15) is 4.79 Å². The Morgan fingerprint density at radius 2 is 2.32 bits per heavy atom. The number of aromatic nitrogens is 3. The van der Waals surface area contributed by atoms with Crippen molar-refractivity contribution in [1.82, 2.24) is 25.8 Å². The van der Waals surface area contributed by atoms with Crippen LogP contribution >= 0.6 is 0 Å². The number of nitrogens with zero attached hydrogens (tertiary/aromatic N) is 2. The van der Waals surface area contributed by atoms with Crippen LogP contribution in [0.3, 0.4) is 0 Å². The van der Waals surface area contributed by atoms with E-state index >= 15 is 0 Å². The Hall–Kier alpha value is -2.41. The molecule has 0 saturated carbocycles. The van der Waals surface area contributed by atoms with Crippen LogP contribution in [0.4, 0.5) is 4.79 Å². The van der Waals surface area contributed by atoms with Gasteiger partial charge in [-0.15, -0.1) is 0 Å². The summed E-state index contributed by atoms with van der Waals surface area (Å²) in [5.74, 6) is 0.695. The smallest absolute Gasteiger partial charge is 0.315 e. The largest absolute Gasteiger partial charge is 0.396 e. The molecule has 1 aromatic carbocycles. The maximum atomic E-state index is 11.8. The number of rotatable bonds is 7. The van der Waals surface area contributed by atoms with Crippen LogP contribution in [0.1, 0.15) is 25.3 Å². The molecule has 0 spiro atoms. The Bertz CT molecular complexity index is 585. The number of urea groups is 1. The average molecular weight is 303 g/mol. The molecule has 1 aromatic heterocycles. The van der Waals surface area contributed by atoms with Gasteiger partial charge in [0.05, 0.1) is 0 Å². The maximum Gasteiger partial charge on any atom is 0.315 e. The van der Waals surface area contributed by atoms with Crippen molar-refractivity contribution in [1.29, 1.82) is 0 Å². The lowest BCUT2D eigenvalue weighted by Gasteiger charge is -2.16. The minimum absolute atomic E-state index is 0.00877. The van der Waals surface area contributed by atoms with E-state index in [0.717, 1.165) is 17.5 Å². The van der Waals surface area contributed by atoms with Crippen molar-refractivity contribution in [2.45, 2.75) is 32.4 Å². The van der Waals surface area contributed by atoms with Crippen molar-refractivity contribution in [3.05, 3.63) is 36.2 Å². The first-order valence-electron chi connectivity index (χ1n) is 7.32. The van der Waals surface area contributed by atoms with Crippen LogP contribution in [0.25, 0.3) is 11.4 Å². The molecule has 22 heavy (non-hydrogen) atoms. The van der Waals surface area contributed by atoms with Gasteiger partial charge >= 0.3 is 6.03 Å². The van der Waals surface area contributed by atoms with E-state index in [1.165, 1.54) is 6.33 Å². The van der Waals surface area contributed by atoms with Crippen molar-refractivity contribution in [2.24, 2.45) is 0 Å². The Morgan fingerprint density at radius 3 is 3.00 bits per heavy atom. The van der Waals surface area contributed by atoms with E-state index in [1.807, 2.05) is 31.2 Å². The number of amides is 2. The number of H-pyrrole nitrogens is 1. The average Bonchev–Trinajstić information content (AvgIpc) is 3.07. The van der Waals surface area contributed by atoms with E-state index in [2.05, 4.69) is 25.8 Å². The molecular weight excluding hydrogens is 282 g/mol. The predicted octanol–water partition coefficient (Wildman–Crippen LogP) is 1.43. The van der Waals surface area contributed by atoms with Crippen LogP contribution in [0, 0.1) is 0 Å². The third-order valence-electron chi connectivity index (χ3n) is 3.37. The van der Waals surface area contributed by atoms with Crippen LogP contribution in [0.2, 0.25) is 0 Å². The summed E-state index contributed by atoms with van der Waals surface area (Å²) in [7, 11) is 0. The van der Waals surface area contributed by atoms with Crippen LogP contribution in [0.15, 0.2) is 30.6 Å². The monoisotopic (exact) mass is 303 g/mol. The Labute approximate surface area is 129 Å². The van der Waals surface area contributed by atoms with Crippen LogP contribution in [-0.2, 0) is 6.54 Å². The fourth-order valence-corrected chi connectivity index (χ4v) is 2.13. The van der Waals surface area contributed by atoms with Crippen LogP contribution in [0.5, 0.6) is 0 Å². The number of aliphatic hydroxyl groups is 1. The molecule has 7 nitrogen and oxygen atoms in total. The fourth-order valence-electron chi connectivity index (χ4n) is 2.13. The summed E-state index contributed by atoms with van der Waals surface area (Å²) in [6, 6.07) is 7.49. The number of nitrogens with one attached hydrogen (secondary N) is 3. The SMILES string of the molecule is CCC(CCO)NC(=O)NCc1cccc(-c2ncn[nH]2)c1. The van der Waals surface area contributed by atoms with Gasteiger partial charge < -0.3 is 15.7 Å². The molecule has 0 saturated heterocycles. The number of hydrogen-bond donors (Lipinski definition) is 4. The molecular formula is C15H21N5O2. The zero-order valence-electron chi connectivity index (χ0n) is 12.5.